The molecule has 1 atom stereocenters. The van der Waals surface area contributed by atoms with Crippen molar-refractivity contribution in [3.05, 3.63) is 0 Å². The molecule has 4 N–H and O–H groups in total. The monoisotopic (exact) mass is 387 g/mol. The van der Waals surface area contributed by atoms with Gasteiger partial charge in [-0.05, 0) is 68.5 Å². The Morgan fingerprint density at radius 1 is 0.667 bits per heavy atom. The summed E-state index contributed by atoms with van der Waals surface area (Å²) in [5, 5.41) is 33.5. The van der Waals surface area contributed by atoms with Crippen molar-refractivity contribution < 1.29 is 42.1 Å². The third kappa shape index (κ3) is 94.3. The third-order valence-corrected chi connectivity index (χ3v) is 1.91. The quantitative estimate of drug-likeness (QED) is 0.320. The predicted octanol–water partition coefficient (Wildman–Crippen LogP) is 3.00. The van der Waals surface area contributed by atoms with E-state index in [1.807, 2.05) is 19.0 Å². The van der Waals surface area contributed by atoms with Crippen LogP contribution in [0.1, 0.15) is 80.6 Å². The van der Waals surface area contributed by atoms with E-state index in [0.717, 1.165) is 12.8 Å². The van der Waals surface area contributed by atoms with Gasteiger partial charge < -0.3 is 20.4 Å². The van der Waals surface area contributed by atoms with Gasteiger partial charge in [0, 0.05) is 40.0 Å². The van der Waals surface area contributed by atoms with Crippen molar-refractivity contribution in [3.8, 4) is 0 Å². The van der Waals surface area contributed by atoms with E-state index in [4.69, 9.17) is 15.3 Å². The van der Waals surface area contributed by atoms with Gasteiger partial charge in [0.15, 0.2) is 0 Å². The molecule has 5 nitrogen and oxygen atoms in total. The Morgan fingerprint density at radius 3 is 1.17 bits per heavy atom. The minimum absolute atomic E-state index is 0. The molecular weight excluding hydrogens is 342 g/mol. The van der Waals surface area contributed by atoms with Gasteiger partial charge >= 0.3 is 0 Å². The fourth-order valence-corrected chi connectivity index (χ4v) is 1.01. The first kappa shape index (κ1) is 35.6. The van der Waals surface area contributed by atoms with Crippen molar-refractivity contribution in [2.24, 2.45) is 0 Å². The smallest absolute Gasteiger partial charge is 0.106 e. The Hall–Kier alpha value is 0.514. The maximum Gasteiger partial charge on any atom is 0.106 e. The van der Waals surface area contributed by atoms with Crippen molar-refractivity contribution in [1.82, 2.24) is 4.90 Å². The van der Waals surface area contributed by atoms with E-state index in [2.05, 4.69) is 6.92 Å². The van der Waals surface area contributed by atoms with Gasteiger partial charge in [-0.2, -0.15) is 0 Å². The second kappa shape index (κ2) is 28.3. The van der Waals surface area contributed by atoms with Gasteiger partial charge in [0.05, 0.1) is 0 Å². The molecule has 24 heavy (non-hydrogen) atoms. The molecule has 0 aromatic carbocycles. The molecule has 0 aromatic heterocycles. The summed E-state index contributed by atoms with van der Waals surface area (Å²) in [5.41, 5.74) is 0. The number of hydrogen-bond acceptors (Lipinski definition) is 5. The molecule has 1 unspecified atom stereocenters. The molecule has 0 saturated carbocycles. The standard InChI is InChI=1S/C9H21NO.3C3H8O.Ti/c1-4-5-6-7-8-9(11)10(2)3;3*1-3(2)4;/h9,11H,4-8H2,1-3H3;3*3-4H,1-2H3;. The zero-order valence-electron chi connectivity index (χ0n) is 17.6. The summed E-state index contributed by atoms with van der Waals surface area (Å²) in [4.78, 5) is 1.85. The van der Waals surface area contributed by atoms with E-state index >= 15 is 0 Å². The van der Waals surface area contributed by atoms with Crippen molar-refractivity contribution in [2.75, 3.05) is 14.1 Å². The van der Waals surface area contributed by atoms with Gasteiger partial charge in [0.2, 0.25) is 0 Å². The van der Waals surface area contributed by atoms with E-state index in [1.54, 1.807) is 41.5 Å². The molecule has 0 fully saturated rings. The topological polar surface area (TPSA) is 84.2 Å². The number of aliphatic hydroxyl groups excluding tert-OH is 4. The maximum absolute atomic E-state index is 9.35. The molecule has 6 heteroatoms. The van der Waals surface area contributed by atoms with E-state index in [1.165, 1.54) is 19.3 Å². The zero-order chi connectivity index (χ0) is 19.4. The van der Waals surface area contributed by atoms with Gasteiger partial charge in [-0.1, -0.05) is 26.2 Å². The maximum atomic E-state index is 9.35. The first-order valence-corrected chi connectivity index (χ1v) is 8.76. The van der Waals surface area contributed by atoms with Gasteiger partial charge in [-0.3, -0.25) is 4.90 Å². The van der Waals surface area contributed by atoms with Crippen molar-refractivity contribution in [3.63, 3.8) is 0 Å². The van der Waals surface area contributed by atoms with E-state index in [0.29, 0.717) is 0 Å². The van der Waals surface area contributed by atoms with Crippen LogP contribution in [0.3, 0.4) is 0 Å². The summed E-state index contributed by atoms with van der Waals surface area (Å²) in [5.74, 6) is 0. The zero-order valence-corrected chi connectivity index (χ0v) is 19.1. The van der Waals surface area contributed by atoms with Crippen LogP contribution in [-0.4, -0.2) is 64.0 Å². The fraction of sp³-hybridized carbons (Fsp3) is 1.00. The van der Waals surface area contributed by atoms with Gasteiger partial charge in [-0.25, -0.2) is 0 Å². The van der Waals surface area contributed by atoms with Crippen LogP contribution in [0.25, 0.3) is 0 Å². The number of aliphatic hydroxyl groups is 4. The normalized spacial score (nSPS) is 10.9. The van der Waals surface area contributed by atoms with Crippen LogP contribution >= 0.6 is 0 Å². The summed E-state index contributed by atoms with van der Waals surface area (Å²) in [6, 6.07) is 0. The molecule has 150 valence electrons. The molecule has 0 bridgehead atoms. The number of rotatable bonds is 6. The summed E-state index contributed by atoms with van der Waals surface area (Å²) >= 11 is 0. The Kier molecular flexibility index (Phi) is 42.0. The number of hydrogen-bond donors (Lipinski definition) is 4. The molecule has 0 saturated heterocycles. The van der Waals surface area contributed by atoms with Crippen LogP contribution in [0.2, 0.25) is 0 Å². The van der Waals surface area contributed by atoms with Crippen molar-refractivity contribution in [2.45, 2.75) is 105 Å². The molecule has 0 aliphatic rings. The Balaban J connectivity index is -0.0000000772. The molecular formula is C18H45NO4Ti. The molecule has 0 aliphatic carbocycles. The van der Waals surface area contributed by atoms with Crippen LogP contribution in [0, 0.1) is 0 Å². The fourth-order valence-electron chi connectivity index (χ4n) is 1.01. The van der Waals surface area contributed by atoms with Crippen LogP contribution in [0.4, 0.5) is 0 Å². The number of nitrogens with zero attached hydrogens (tertiary/aromatic N) is 1. The molecule has 0 heterocycles. The second-order valence-electron chi connectivity index (χ2n) is 6.57. The molecule has 0 amide bonds. The van der Waals surface area contributed by atoms with Gasteiger partial charge in [0.25, 0.3) is 0 Å². The molecule has 0 aliphatic heterocycles. The van der Waals surface area contributed by atoms with Crippen LogP contribution in [0.15, 0.2) is 0 Å². The molecule has 0 spiro atoms. The molecule has 0 radical (unpaired) electrons. The largest absolute Gasteiger partial charge is 0.394 e. The number of unbranched alkanes of at least 4 members (excludes halogenated alkanes) is 3. The van der Waals surface area contributed by atoms with E-state index < -0.39 is 0 Å². The minimum Gasteiger partial charge on any atom is -0.394 e. The van der Waals surface area contributed by atoms with Crippen LogP contribution in [-0.2, 0) is 21.7 Å². The van der Waals surface area contributed by atoms with Gasteiger partial charge in [0.1, 0.15) is 6.23 Å². The summed E-state index contributed by atoms with van der Waals surface area (Å²) in [6.45, 7) is 12.5. The molecule has 0 aromatic rings. The van der Waals surface area contributed by atoms with Crippen molar-refractivity contribution >= 4 is 0 Å². The Labute approximate surface area is 166 Å². The molecule has 0 rings (SSSR count). The van der Waals surface area contributed by atoms with Crippen LogP contribution in [0.5, 0.6) is 0 Å². The summed E-state index contributed by atoms with van der Waals surface area (Å²) < 4.78 is 0. The van der Waals surface area contributed by atoms with E-state index in [9.17, 15) is 5.11 Å². The first-order valence-electron chi connectivity index (χ1n) is 8.76. The van der Waals surface area contributed by atoms with Gasteiger partial charge in [-0.15, -0.1) is 0 Å². The average Bonchev–Trinajstić information content (AvgIpc) is 2.32. The predicted molar refractivity (Wildman–Crippen MR) is 101 cm³/mol. The third-order valence-electron chi connectivity index (χ3n) is 1.91. The Morgan fingerprint density at radius 2 is 0.958 bits per heavy atom. The average molecular weight is 387 g/mol. The van der Waals surface area contributed by atoms with Crippen LogP contribution < -0.4 is 0 Å². The second-order valence-corrected chi connectivity index (χ2v) is 6.57. The first-order chi connectivity index (χ1) is 10.4. The SMILES string of the molecule is CC(C)O.CC(C)O.CC(C)O.CCCCCCC(O)N(C)C.[Ti]. The summed E-state index contributed by atoms with van der Waals surface area (Å²) in [6.07, 6.45) is 5.12. The van der Waals surface area contributed by atoms with E-state index in [-0.39, 0.29) is 46.3 Å². The van der Waals surface area contributed by atoms with Crippen molar-refractivity contribution in [1.29, 1.82) is 0 Å². The minimum atomic E-state index is -0.244. The Bertz CT molecular complexity index is 169. The summed E-state index contributed by atoms with van der Waals surface area (Å²) in [7, 11) is 3.81.